The van der Waals surface area contributed by atoms with Gasteiger partial charge in [-0.25, -0.2) is 28.1 Å². The molecule has 0 unspecified atom stereocenters. The molecule has 1 aromatic carbocycles. The molecular weight excluding hydrogens is 404 g/mol. The van der Waals surface area contributed by atoms with Gasteiger partial charge < -0.3 is 9.72 Å². The maximum Gasteiger partial charge on any atom is 0.264 e. The van der Waals surface area contributed by atoms with E-state index in [4.69, 9.17) is 0 Å². The van der Waals surface area contributed by atoms with E-state index >= 15 is 0 Å². The number of carbonyl (C=O) groups excluding carboxylic acids is 1. The molecule has 0 bridgehead atoms. The van der Waals surface area contributed by atoms with Crippen molar-refractivity contribution in [2.24, 2.45) is 0 Å². The summed E-state index contributed by atoms with van der Waals surface area (Å²) in [7, 11) is -3.83. The van der Waals surface area contributed by atoms with Gasteiger partial charge in [-0.2, -0.15) is 0 Å². The van der Waals surface area contributed by atoms with Gasteiger partial charge in [0, 0.05) is 30.4 Å². The topological polar surface area (TPSA) is 118 Å². The van der Waals surface area contributed by atoms with Crippen LogP contribution in [0.5, 0.6) is 0 Å². The Morgan fingerprint density at radius 3 is 2.50 bits per heavy atom. The molecule has 9 nitrogen and oxygen atoms in total. The van der Waals surface area contributed by atoms with Crippen molar-refractivity contribution < 1.29 is 13.2 Å². The third kappa shape index (κ3) is 4.33. The van der Waals surface area contributed by atoms with Gasteiger partial charge in [-0.15, -0.1) is 0 Å². The van der Waals surface area contributed by atoms with E-state index in [1.54, 1.807) is 18.3 Å². The molecule has 0 atom stereocenters. The lowest BCUT2D eigenvalue weighted by Crippen LogP contribution is -2.15. The number of nitrogens with zero attached hydrogens (tertiary/aromatic N) is 4. The molecule has 2 N–H and O–H groups in total. The summed E-state index contributed by atoms with van der Waals surface area (Å²) in [5.74, 6) is -0.375. The number of anilines is 2. The van der Waals surface area contributed by atoms with Gasteiger partial charge in [-0.05, 0) is 48.5 Å². The van der Waals surface area contributed by atoms with Gasteiger partial charge in [0.15, 0.2) is 0 Å². The van der Waals surface area contributed by atoms with Gasteiger partial charge in [0.1, 0.15) is 5.65 Å². The first-order valence-electron chi connectivity index (χ1n) is 8.82. The van der Waals surface area contributed by atoms with Crippen molar-refractivity contribution in [3.8, 4) is 0 Å². The number of fused-ring (bicyclic) bond motifs is 1. The van der Waals surface area contributed by atoms with Crippen molar-refractivity contribution in [2.45, 2.75) is 4.90 Å². The molecule has 4 aromatic rings. The third-order valence-electron chi connectivity index (χ3n) is 4.07. The molecule has 4 rings (SSSR count). The largest absolute Gasteiger partial charge is 0.323 e. The Bertz CT molecular complexity index is 1320. The highest BCUT2D eigenvalue weighted by molar-refractivity contribution is 7.92. The lowest BCUT2D eigenvalue weighted by Gasteiger charge is -2.07. The van der Waals surface area contributed by atoms with Crippen molar-refractivity contribution in [3.05, 3.63) is 85.1 Å². The predicted molar refractivity (Wildman–Crippen MR) is 112 cm³/mol. The fourth-order valence-electron chi connectivity index (χ4n) is 2.67. The summed E-state index contributed by atoms with van der Waals surface area (Å²) in [6, 6.07) is 13.0. The predicted octanol–water partition coefficient (Wildman–Crippen LogP) is 2.58. The first-order valence-corrected chi connectivity index (χ1v) is 10.3. The molecule has 1 amide bonds. The summed E-state index contributed by atoms with van der Waals surface area (Å²) >= 11 is 0. The summed E-state index contributed by atoms with van der Waals surface area (Å²) in [5.41, 5.74) is 2.00. The van der Waals surface area contributed by atoms with E-state index in [0.29, 0.717) is 5.69 Å². The summed E-state index contributed by atoms with van der Waals surface area (Å²) in [6.07, 6.45) is 9.43. The Morgan fingerprint density at radius 2 is 1.73 bits per heavy atom. The number of nitrogens with one attached hydrogen (secondary N) is 2. The van der Waals surface area contributed by atoms with E-state index in [9.17, 15) is 13.2 Å². The average Bonchev–Trinajstić information content (AvgIpc) is 3.16. The Balaban J connectivity index is 1.42. The van der Waals surface area contributed by atoms with Gasteiger partial charge in [0.25, 0.3) is 10.0 Å². The molecule has 30 heavy (non-hydrogen) atoms. The molecule has 0 spiro atoms. The molecule has 3 aromatic heterocycles. The summed E-state index contributed by atoms with van der Waals surface area (Å²) < 4.78 is 28.9. The van der Waals surface area contributed by atoms with Crippen LogP contribution in [0.3, 0.4) is 0 Å². The van der Waals surface area contributed by atoms with Crippen LogP contribution in [0, 0.1) is 0 Å². The van der Waals surface area contributed by atoms with Crippen molar-refractivity contribution in [1.29, 1.82) is 0 Å². The standard InChI is InChI=1S/C20H16N6O3S/c27-19(10-7-16-14-23-18-4-1-2-13-26(16)18)24-15-5-8-17(9-6-15)30(28,29)25-20-21-11-3-12-22-20/h1-14H,(H,24,27)(H,21,22,25)/b10-7+. The zero-order valence-electron chi connectivity index (χ0n) is 15.5. The summed E-state index contributed by atoms with van der Waals surface area (Å²) in [6.45, 7) is 0. The third-order valence-corrected chi connectivity index (χ3v) is 5.42. The number of hydrogen-bond donors (Lipinski definition) is 2. The van der Waals surface area contributed by atoms with Gasteiger partial charge in [0.2, 0.25) is 11.9 Å². The van der Waals surface area contributed by atoms with Crippen molar-refractivity contribution in [3.63, 3.8) is 0 Å². The molecule has 150 valence electrons. The number of imidazole rings is 1. The quantitative estimate of drug-likeness (QED) is 0.463. The van der Waals surface area contributed by atoms with Crippen LogP contribution in [0.1, 0.15) is 5.69 Å². The van der Waals surface area contributed by atoms with Crippen molar-refractivity contribution in [2.75, 3.05) is 10.0 Å². The summed E-state index contributed by atoms with van der Waals surface area (Å²) in [5, 5.41) is 2.69. The number of hydrogen-bond acceptors (Lipinski definition) is 6. The van der Waals surface area contributed by atoms with Gasteiger partial charge >= 0.3 is 0 Å². The molecular formula is C20H16N6O3S. The Labute approximate surface area is 172 Å². The number of sulfonamides is 1. The number of pyridine rings is 1. The van der Waals surface area contributed by atoms with Crippen LogP contribution in [0.2, 0.25) is 0 Å². The minimum atomic E-state index is -3.83. The molecule has 10 heteroatoms. The second kappa shape index (κ2) is 8.13. The maximum absolute atomic E-state index is 12.4. The molecule has 0 aliphatic heterocycles. The molecule has 3 heterocycles. The second-order valence-electron chi connectivity index (χ2n) is 6.14. The maximum atomic E-state index is 12.4. The van der Waals surface area contributed by atoms with Crippen LogP contribution < -0.4 is 10.0 Å². The molecule has 0 radical (unpaired) electrons. The zero-order valence-corrected chi connectivity index (χ0v) is 16.3. The number of rotatable bonds is 6. The zero-order chi connectivity index (χ0) is 21.0. The lowest BCUT2D eigenvalue weighted by atomic mass is 10.3. The smallest absolute Gasteiger partial charge is 0.264 e. The Kier molecular flexibility index (Phi) is 5.22. The van der Waals surface area contributed by atoms with E-state index in [1.165, 1.54) is 42.7 Å². The van der Waals surface area contributed by atoms with Crippen molar-refractivity contribution in [1.82, 2.24) is 19.4 Å². The van der Waals surface area contributed by atoms with Crippen LogP contribution in [0.4, 0.5) is 11.6 Å². The highest BCUT2D eigenvalue weighted by Gasteiger charge is 2.15. The molecule has 0 saturated carbocycles. The fraction of sp³-hybridized carbons (Fsp3) is 0. The van der Waals surface area contributed by atoms with Crippen molar-refractivity contribution >= 4 is 39.3 Å². The monoisotopic (exact) mass is 420 g/mol. The fourth-order valence-corrected chi connectivity index (χ4v) is 3.63. The van der Waals surface area contributed by atoms with Crippen LogP contribution in [0.15, 0.2) is 84.3 Å². The average molecular weight is 420 g/mol. The second-order valence-corrected chi connectivity index (χ2v) is 7.82. The minimum absolute atomic E-state index is 0.0209. The van der Waals surface area contributed by atoms with E-state index in [1.807, 2.05) is 28.8 Å². The highest BCUT2D eigenvalue weighted by atomic mass is 32.2. The number of carbonyl (C=O) groups is 1. The van der Waals surface area contributed by atoms with E-state index in [-0.39, 0.29) is 16.8 Å². The van der Waals surface area contributed by atoms with Crippen LogP contribution in [0.25, 0.3) is 11.7 Å². The number of benzene rings is 1. The SMILES string of the molecule is O=C(/C=C/c1cnc2ccccn12)Nc1ccc(S(=O)(=O)Nc2ncccn2)cc1. The van der Waals surface area contributed by atoms with Crippen LogP contribution >= 0.6 is 0 Å². The molecule has 0 fully saturated rings. The van der Waals surface area contributed by atoms with Crippen LogP contribution in [-0.4, -0.2) is 33.7 Å². The van der Waals surface area contributed by atoms with Gasteiger partial charge in [-0.3, -0.25) is 4.79 Å². The molecule has 0 saturated heterocycles. The first kappa shape index (κ1) is 19.3. The highest BCUT2D eigenvalue weighted by Crippen LogP contribution is 2.16. The minimum Gasteiger partial charge on any atom is -0.323 e. The van der Waals surface area contributed by atoms with E-state index in [2.05, 4.69) is 25.0 Å². The van der Waals surface area contributed by atoms with Gasteiger partial charge in [0.05, 0.1) is 16.8 Å². The molecule has 0 aliphatic carbocycles. The normalized spacial score (nSPS) is 11.6. The first-order chi connectivity index (χ1) is 14.5. The van der Waals surface area contributed by atoms with E-state index < -0.39 is 10.0 Å². The Morgan fingerprint density at radius 1 is 0.967 bits per heavy atom. The molecule has 0 aliphatic rings. The van der Waals surface area contributed by atoms with Crippen LogP contribution in [-0.2, 0) is 14.8 Å². The Hall–Kier alpha value is -4.05. The van der Waals surface area contributed by atoms with Gasteiger partial charge in [-0.1, -0.05) is 6.07 Å². The summed E-state index contributed by atoms with van der Waals surface area (Å²) in [4.78, 5) is 24.1. The number of aromatic nitrogens is 4. The lowest BCUT2D eigenvalue weighted by molar-refractivity contribution is -0.111. The van der Waals surface area contributed by atoms with E-state index in [0.717, 1.165) is 11.3 Å². The number of amides is 1.